The van der Waals surface area contributed by atoms with Gasteiger partial charge in [0.05, 0.1) is 12.8 Å². The first-order valence-corrected chi connectivity index (χ1v) is 6.06. The molecule has 0 aromatic heterocycles. The van der Waals surface area contributed by atoms with Crippen molar-refractivity contribution in [2.75, 3.05) is 12.4 Å². The molecule has 0 saturated heterocycles. The van der Waals surface area contributed by atoms with Crippen molar-refractivity contribution in [2.24, 2.45) is 0 Å². The van der Waals surface area contributed by atoms with Gasteiger partial charge in [-0.1, -0.05) is 11.6 Å². The van der Waals surface area contributed by atoms with Crippen LogP contribution in [0, 0.1) is 0 Å². The van der Waals surface area contributed by atoms with E-state index in [0.29, 0.717) is 22.9 Å². The summed E-state index contributed by atoms with van der Waals surface area (Å²) in [5, 5.41) is 22.6. The van der Waals surface area contributed by atoms with Gasteiger partial charge in [0.15, 0.2) is 0 Å². The van der Waals surface area contributed by atoms with Crippen LogP contribution in [0.2, 0.25) is 5.02 Å². The summed E-state index contributed by atoms with van der Waals surface area (Å²) in [5.74, 6) is 0.734. The molecule has 2 aromatic carbocycles. The van der Waals surface area contributed by atoms with Crippen LogP contribution in [0.1, 0.15) is 5.56 Å². The van der Waals surface area contributed by atoms with Crippen molar-refractivity contribution >= 4 is 17.3 Å². The number of rotatable bonds is 4. The zero-order valence-electron chi connectivity index (χ0n) is 10.4. The average molecular weight is 280 g/mol. The number of phenols is 2. The maximum atomic E-state index is 9.69. The highest BCUT2D eigenvalue weighted by atomic mass is 35.5. The van der Waals surface area contributed by atoms with Gasteiger partial charge in [0.25, 0.3) is 0 Å². The zero-order valence-corrected chi connectivity index (χ0v) is 11.1. The van der Waals surface area contributed by atoms with Gasteiger partial charge in [-0.25, -0.2) is 0 Å². The van der Waals surface area contributed by atoms with E-state index in [-0.39, 0.29) is 11.5 Å². The van der Waals surface area contributed by atoms with E-state index >= 15 is 0 Å². The molecule has 0 radical (unpaired) electrons. The fourth-order valence-corrected chi connectivity index (χ4v) is 1.88. The van der Waals surface area contributed by atoms with Gasteiger partial charge in [-0.3, -0.25) is 0 Å². The number of methoxy groups -OCH3 is 1. The molecule has 0 fully saturated rings. The van der Waals surface area contributed by atoms with Gasteiger partial charge in [-0.05, 0) is 30.3 Å². The molecular formula is C14H14ClNO3. The van der Waals surface area contributed by atoms with Crippen LogP contribution in [-0.2, 0) is 6.54 Å². The van der Waals surface area contributed by atoms with E-state index in [4.69, 9.17) is 16.3 Å². The van der Waals surface area contributed by atoms with Gasteiger partial charge in [0.2, 0.25) is 0 Å². The highest BCUT2D eigenvalue weighted by molar-refractivity contribution is 6.30. The van der Waals surface area contributed by atoms with Crippen LogP contribution in [0.15, 0.2) is 36.4 Å². The molecular weight excluding hydrogens is 266 g/mol. The van der Waals surface area contributed by atoms with Crippen LogP contribution in [0.4, 0.5) is 5.69 Å². The summed E-state index contributed by atoms with van der Waals surface area (Å²) < 4.78 is 5.21. The van der Waals surface area contributed by atoms with E-state index in [1.54, 1.807) is 31.4 Å². The van der Waals surface area contributed by atoms with E-state index in [0.717, 1.165) is 5.69 Å². The minimum Gasteiger partial charge on any atom is -0.508 e. The highest BCUT2D eigenvalue weighted by Crippen LogP contribution is 2.29. The topological polar surface area (TPSA) is 61.7 Å². The van der Waals surface area contributed by atoms with E-state index in [1.165, 1.54) is 12.1 Å². The minimum absolute atomic E-state index is 0.0292. The Bertz CT molecular complexity index is 587. The molecule has 0 unspecified atom stereocenters. The van der Waals surface area contributed by atoms with Crippen LogP contribution < -0.4 is 10.1 Å². The fraction of sp³-hybridized carbons (Fsp3) is 0.143. The van der Waals surface area contributed by atoms with Gasteiger partial charge >= 0.3 is 0 Å². The Kier molecular flexibility index (Phi) is 4.02. The number of hydrogen-bond donors (Lipinski definition) is 3. The lowest BCUT2D eigenvalue weighted by Crippen LogP contribution is -2.01. The molecule has 0 atom stereocenters. The van der Waals surface area contributed by atoms with Crippen molar-refractivity contribution in [3.63, 3.8) is 0 Å². The molecule has 0 aliphatic heterocycles. The number of halogens is 1. The van der Waals surface area contributed by atoms with Gasteiger partial charge in [0, 0.05) is 23.2 Å². The monoisotopic (exact) mass is 279 g/mol. The summed E-state index contributed by atoms with van der Waals surface area (Å²) in [5.41, 5.74) is 1.40. The lowest BCUT2D eigenvalue weighted by atomic mass is 10.2. The third-order valence-electron chi connectivity index (χ3n) is 2.70. The molecule has 100 valence electrons. The number of ether oxygens (including phenoxy) is 1. The Hall–Kier alpha value is -2.07. The SMILES string of the molecule is COc1ccc(Cl)cc1NCc1ccc(O)cc1O. The summed E-state index contributed by atoms with van der Waals surface area (Å²) in [6.07, 6.45) is 0. The Labute approximate surface area is 116 Å². The van der Waals surface area contributed by atoms with E-state index in [1.807, 2.05) is 0 Å². The van der Waals surface area contributed by atoms with E-state index in [9.17, 15) is 10.2 Å². The van der Waals surface area contributed by atoms with Crippen LogP contribution in [0.5, 0.6) is 17.2 Å². The first kappa shape index (κ1) is 13.4. The van der Waals surface area contributed by atoms with Crippen molar-refractivity contribution in [3.8, 4) is 17.2 Å². The molecule has 0 heterocycles. The molecule has 0 bridgehead atoms. The second kappa shape index (κ2) is 5.71. The Morgan fingerprint density at radius 1 is 1.16 bits per heavy atom. The largest absolute Gasteiger partial charge is 0.508 e. The quantitative estimate of drug-likeness (QED) is 0.803. The first-order valence-electron chi connectivity index (χ1n) is 5.68. The smallest absolute Gasteiger partial charge is 0.142 e. The van der Waals surface area contributed by atoms with Crippen LogP contribution in [0.25, 0.3) is 0 Å². The molecule has 0 saturated carbocycles. The standard InChI is InChI=1S/C14H14ClNO3/c1-19-14-5-3-10(15)6-12(14)16-8-9-2-4-11(17)7-13(9)18/h2-7,16-18H,8H2,1H3. The number of benzene rings is 2. The molecule has 4 nitrogen and oxygen atoms in total. The Morgan fingerprint density at radius 2 is 1.95 bits per heavy atom. The molecule has 0 aliphatic rings. The molecule has 2 rings (SSSR count). The van der Waals surface area contributed by atoms with Crippen LogP contribution >= 0.6 is 11.6 Å². The average Bonchev–Trinajstić information content (AvgIpc) is 2.38. The molecule has 5 heteroatoms. The summed E-state index contributed by atoms with van der Waals surface area (Å²) in [6, 6.07) is 9.72. The molecule has 2 aromatic rings. The van der Waals surface area contributed by atoms with Gasteiger partial charge < -0.3 is 20.3 Å². The summed E-state index contributed by atoms with van der Waals surface area (Å²) in [7, 11) is 1.58. The lowest BCUT2D eigenvalue weighted by molar-refractivity contribution is 0.416. The number of phenolic OH excluding ortho intramolecular Hbond substituents is 2. The number of nitrogens with one attached hydrogen (secondary N) is 1. The number of aromatic hydroxyl groups is 2. The fourth-order valence-electron chi connectivity index (χ4n) is 1.71. The summed E-state index contributed by atoms with van der Waals surface area (Å²) >= 11 is 5.93. The van der Waals surface area contributed by atoms with Gasteiger partial charge in [-0.15, -0.1) is 0 Å². The normalized spacial score (nSPS) is 10.2. The van der Waals surface area contributed by atoms with Crippen molar-refractivity contribution in [1.29, 1.82) is 0 Å². The first-order chi connectivity index (χ1) is 9.10. The molecule has 0 aliphatic carbocycles. The molecule has 3 N–H and O–H groups in total. The third-order valence-corrected chi connectivity index (χ3v) is 2.93. The molecule has 0 spiro atoms. The van der Waals surface area contributed by atoms with Crippen molar-refractivity contribution in [3.05, 3.63) is 47.0 Å². The van der Waals surface area contributed by atoms with Gasteiger partial charge in [-0.2, -0.15) is 0 Å². The summed E-state index contributed by atoms with van der Waals surface area (Å²) in [4.78, 5) is 0. The maximum absolute atomic E-state index is 9.69. The minimum atomic E-state index is 0.0292. The second-order valence-corrected chi connectivity index (χ2v) is 4.45. The highest BCUT2D eigenvalue weighted by Gasteiger charge is 2.06. The van der Waals surface area contributed by atoms with Crippen molar-refractivity contribution in [1.82, 2.24) is 0 Å². The van der Waals surface area contributed by atoms with E-state index < -0.39 is 0 Å². The van der Waals surface area contributed by atoms with Crippen LogP contribution in [0.3, 0.4) is 0 Å². The molecule has 0 amide bonds. The van der Waals surface area contributed by atoms with Crippen molar-refractivity contribution < 1.29 is 14.9 Å². The predicted octanol–water partition coefficient (Wildman–Crippen LogP) is 3.37. The maximum Gasteiger partial charge on any atom is 0.142 e. The molecule has 19 heavy (non-hydrogen) atoms. The van der Waals surface area contributed by atoms with E-state index in [2.05, 4.69) is 5.32 Å². The number of hydrogen-bond acceptors (Lipinski definition) is 4. The summed E-state index contributed by atoms with van der Waals surface area (Å²) in [6.45, 7) is 0.392. The van der Waals surface area contributed by atoms with Crippen LogP contribution in [-0.4, -0.2) is 17.3 Å². The van der Waals surface area contributed by atoms with Crippen molar-refractivity contribution in [2.45, 2.75) is 6.54 Å². The second-order valence-electron chi connectivity index (χ2n) is 4.01. The zero-order chi connectivity index (χ0) is 13.8. The Morgan fingerprint density at radius 3 is 2.63 bits per heavy atom. The Balaban J connectivity index is 2.16. The van der Waals surface area contributed by atoms with Gasteiger partial charge in [0.1, 0.15) is 17.2 Å². The third kappa shape index (κ3) is 3.23. The lowest BCUT2D eigenvalue weighted by Gasteiger charge is -2.12. The predicted molar refractivity (Wildman–Crippen MR) is 75.1 cm³/mol. The number of anilines is 1.